The van der Waals surface area contributed by atoms with E-state index in [-0.39, 0.29) is 5.91 Å². The van der Waals surface area contributed by atoms with Crippen molar-refractivity contribution in [2.45, 2.75) is 38.1 Å². The van der Waals surface area contributed by atoms with Gasteiger partial charge in [0.1, 0.15) is 0 Å². The topological polar surface area (TPSA) is 55.1 Å². The number of hydrogen-bond acceptors (Lipinski definition) is 2. The molecule has 0 radical (unpaired) electrons. The van der Waals surface area contributed by atoms with Crippen LogP contribution >= 0.6 is 0 Å². The highest BCUT2D eigenvalue weighted by Gasteiger charge is 2.27. The van der Waals surface area contributed by atoms with Gasteiger partial charge >= 0.3 is 0 Å². The molecule has 2 rings (SSSR count). The van der Waals surface area contributed by atoms with E-state index in [0.29, 0.717) is 17.9 Å². The van der Waals surface area contributed by atoms with Gasteiger partial charge in [-0.1, -0.05) is 0 Å². The van der Waals surface area contributed by atoms with E-state index in [1.54, 1.807) is 0 Å². The van der Waals surface area contributed by atoms with Gasteiger partial charge in [0.2, 0.25) is 5.91 Å². The van der Waals surface area contributed by atoms with Crippen molar-refractivity contribution in [1.29, 1.82) is 0 Å². The second-order valence-electron chi connectivity index (χ2n) is 4.55. The Morgan fingerprint density at radius 2 is 2.00 bits per heavy atom. The van der Waals surface area contributed by atoms with Gasteiger partial charge < -0.3 is 11.1 Å². The van der Waals surface area contributed by atoms with E-state index in [0.717, 1.165) is 25.8 Å². The van der Waals surface area contributed by atoms with Crippen molar-refractivity contribution >= 4 is 5.91 Å². The Morgan fingerprint density at radius 1 is 1.31 bits per heavy atom. The van der Waals surface area contributed by atoms with Crippen LogP contribution in [-0.2, 0) is 4.79 Å². The number of amides is 1. The third-order valence-corrected chi connectivity index (χ3v) is 3.03. The maximum absolute atomic E-state index is 11.3. The molecule has 0 aliphatic heterocycles. The van der Waals surface area contributed by atoms with Crippen molar-refractivity contribution in [3.8, 4) is 0 Å². The molecule has 0 unspecified atom stereocenters. The van der Waals surface area contributed by atoms with Crippen molar-refractivity contribution in [1.82, 2.24) is 5.32 Å². The van der Waals surface area contributed by atoms with E-state index < -0.39 is 0 Å². The average Bonchev–Trinajstić information content (AvgIpc) is 2.79. The Morgan fingerprint density at radius 3 is 2.54 bits per heavy atom. The van der Waals surface area contributed by atoms with Gasteiger partial charge in [-0.25, -0.2) is 0 Å². The first-order valence-electron chi connectivity index (χ1n) is 5.26. The molecule has 0 bridgehead atoms. The van der Waals surface area contributed by atoms with Crippen molar-refractivity contribution in [2.24, 2.45) is 17.6 Å². The molecule has 3 N–H and O–H groups in total. The van der Waals surface area contributed by atoms with Gasteiger partial charge in [-0.2, -0.15) is 0 Å². The lowest BCUT2D eigenvalue weighted by atomic mass is 9.81. The fourth-order valence-electron chi connectivity index (χ4n) is 1.87. The van der Waals surface area contributed by atoms with Crippen LogP contribution in [0.15, 0.2) is 0 Å². The van der Waals surface area contributed by atoms with Crippen LogP contribution in [0.4, 0.5) is 0 Å². The van der Waals surface area contributed by atoms with E-state index >= 15 is 0 Å². The molecule has 2 saturated carbocycles. The normalized spacial score (nSPS) is 32.4. The lowest BCUT2D eigenvalue weighted by Gasteiger charge is -2.32. The zero-order valence-corrected chi connectivity index (χ0v) is 7.96. The van der Waals surface area contributed by atoms with Crippen LogP contribution in [0.3, 0.4) is 0 Å². The van der Waals surface area contributed by atoms with Crippen molar-refractivity contribution in [3.05, 3.63) is 0 Å². The first-order valence-corrected chi connectivity index (χ1v) is 5.26. The molecule has 0 aromatic rings. The van der Waals surface area contributed by atoms with Crippen LogP contribution in [0.5, 0.6) is 0 Å². The Kier molecular flexibility index (Phi) is 2.54. The molecule has 1 amide bonds. The monoisotopic (exact) mass is 182 g/mol. The number of carbonyl (C=O) groups excluding carboxylic acids is 1. The van der Waals surface area contributed by atoms with Crippen molar-refractivity contribution in [2.75, 3.05) is 6.54 Å². The summed E-state index contributed by atoms with van der Waals surface area (Å²) in [6.45, 7) is 0.846. The van der Waals surface area contributed by atoms with Crippen LogP contribution in [0.2, 0.25) is 0 Å². The second kappa shape index (κ2) is 3.66. The predicted molar refractivity (Wildman–Crippen MR) is 51.1 cm³/mol. The molecule has 13 heavy (non-hydrogen) atoms. The van der Waals surface area contributed by atoms with Crippen molar-refractivity contribution < 1.29 is 4.79 Å². The van der Waals surface area contributed by atoms with Gasteiger partial charge in [0.15, 0.2) is 0 Å². The fourth-order valence-corrected chi connectivity index (χ4v) is 1.87. The Balaban J connectivity index is 1.54. The Hall–Kier alpha value is -0.570. The molecular formula is C10H18N2O. The van der Waals surface area contributed by atoms with Crippen molar-refractivity contribution in [3.63, 3.8) is 0 Å². The third-order valence-electron chi connectivity index (χ3n) is 3.03. The lowest BCUT2D eigenvalue weighted by molar-refractivity contribution is -0.121. The third kappa shape index (κ3) is 2.69. The Bertz CT molecular complexity index is 195. The quantitative estimate of drug-likeness (QED) is 0.670. The second-order valence-corrected chi connectivity index (χ2v) is 4.55. The molecule has 3 heteroatoms. The van der Waals surface area contributed by atoms with E-state index in [9.17, 15) is 4.79 Å². The summed E-state index contributed by atoms with van der Waals surface area (Å²) in [6, 6.07) is 0.394. The van der Waals surface area contributed by atoms with Gasteiger partial charge in [-0.3, -0.25) is 4.79 Å². The highest BCUT2D eigenvalue weighted by molar-refractivity contribution is 5.76. The molecule has 2 aliphatic carbocycles. The summed E-state index contributed by atoms with van der Waals surface area (Å²) >= 11 is 0. The fraction of sp³-hybridized carbons (Fsp3) is 0.900. The van der Waals surface area contributed by atoms with Gasteiger partial charge in [0.05, 0.1) is 0 Å². The summed E-state index contributed by atoms with van der Waals surface area (Å²) in [5.74, 6) is 1.59. The summed E-state index contributed by atoms with van der Waals surface area (Å²) in [5, 5.41) is 2.98. The molecule has 0 spiro atoms. The molecule has 0 heterocycles. The standard InChI is InChI=1S/C10H18N2O/c11-9-3-8(4-9)6-12-10(13)5-7-1-2-7/h7-9H,1-6,11H2,(H,12,13). The van der Waals surface area contributed by atoms with Gasteiger partial charge in [0.25, 0.3) is 0 Å². The molecule has 0 saturated heterocycles. The van der Waals surface area contributed by atoms with E-state index in [4.69, 9.17) is 5.73 Å². The molecule has 0 aromatic heterocycles. The van der Waals surface area contributed by atoms with Crippen LogP contribution < -0.4 is 11.1 Å². The summed E-state index contributed by atoms with van der Waals surface area (Å²) in [6.07, 6.45) is 5.43. The number of rotatable bonds is 4. The van der Waals surface area contributed by atoms with Crippen LogP contribution in [0.25, 0.3) is 0 Å². The maximum atomic E-state index is 11.3. The highest BCUT2D eigenvalue weighted by atomic mass is 16.1. The smallest absolute Gasteiger partial charge is 0.220 e. The number of hydrogen-bond donors (Lipinski definition) is 2. The minimum Gasteiger partial charge on any atom is -0.356 e. The molecular weight excluding hydrogens is 164 g/mol. The zero-order chi connectivity index (χ0) is 9.26. The van der Waals surface area contributed by atoms with E-state index in [1.165, 1.54) is 12.8 Å². The van der Waals surface area contributed by atoms with E-state index in [1.807, 2.05) is 0 Å². The Labute approximate surface area is 79.1 Å². The molecule has 2 aliphatic rings. The number of nitrogens with two attached hydrogens (primary N) is 1. The highest BCUT2D eigenvalue weighted by Crippen LogP contribution is 2.32. The molecule has 0 atom stereocenters. The average molecular weight is 182 g/mol. The first-order chi connectivity index (χ1) is 6.24. The number of nitrogens with one attached hydrogen (secondary N) is 1. The largest absolute Gasteiger partial charge is 0.356 e. The van der Waals surface area contributed by atoms with Gasteiger partial charge in [0, 0.05) is 19.0 Å². The zero-order valence-electron chi connectivity index (χ0n) is 7.96. The summed E-state index contributed by atoms with van der Waals surface area (Å²) < 4.78 is 0. The minimum atomic E-state index is 0.239. The molecule has 3 nitrogen and oxygen atoms in total. The molecule has 74 valence electrons. The number of carbonyl (C=O) groups is 1. The van der Waals surface area contributed by atoms with Gasteiger partial charge in [-0.05, 0) is 37.5 Å². The summed E-state index contributed by atoms with van der Waals surface area (Å²) in [7, 11) is 0. The first kappa shape index (κ1) is 9.00. The summed E-state index contributed by atoms with van der Waals surface area (Å²) in [5.41, 5.74) is 5.65. The molecule has 0 aromatic carbocycles. The molecule has 2 fully saturated rings. The SMILES string of the molecule is NC1CC(CNC(=O)CC2CC2)C1. The van der Waals surface area contributed by atoms with Crippen LogP contribution in [0, 0.1) is 11.8 Å². The van der Waals surface area contributed by atoms with E-state index in [2.05, 4.69) is 5.32 Å². The van der Waals surface area contributed by atoms with Gasteiger partial charge in [-0.15, -0.1) is 0 Å². The van der Waals surface area contributed by atoms with Crippen LogP contribution in [0.1, 0.15) is 32.1 Å². The maximum Gasteiger partial charge on any atom is 0.220 e. The minimum absolute atomic E-state index is 0.239. The summed E-state index contributed by atoms with van der Waals surface area (Å²) in [4.78, 5) is 11.3. The predicted octanol–water partition coefficient (Wildman–Crippen LogP) is 0.640. The van der Waals surface area contributed by atoms with Crippen LogP contribution in [-0.4, -0.2) is 18.5 Å². The lowest BCUT2D eigenvalue weighted by Crippen LogP contribution is -2.42.